The van der Waals surface area contributed by atoms with Gasteiger partial charge in [-0.05, 0) is 19.3 Å². The Labute approximate surface area is 91.8 Å². The number of likely N-dealkylation sites (tertiary alicyclic amines) is 1. The van der Waals surface area contributed by atoms with E-state index in [9.17, 15) is 8.40 Å². The van der Waals surface area contributed by atoms with Crippen molar-refractivity contribution < 1.29 is 27.0 Å². The molecular formula is C7H13Br2NO3. The van der Waals surface area contributed by atoms with Crippen LogP contribution in [0.1, 0.15) is 19.3 Å². The van der Waals surface area contributed by atoms with Crippen molar-refractivity contribution in [3.05, 3.63) is 0 Å². The first-order valence-electron chi connectivity index (χ1n) is 4.26. The Hall–Kier alpha value is 0.800. The molecule has 0 radical (unpaired) electrons. The third-order valence-electron chi connectivity index (χ3n) is 2.06. The summed E-state index contributed by atoms with van der Waals surface area (Å²) in [6, 6.07) is 0. The Morgan fingerprint density at radius 1 is 1.54 bits per heavy atom. The summed E-state index contributed by atoms with van der Waals surface area (Å²) in [5.41, 5.74) is 0. The summed E-state index contributed by atoms with van der Waals surface area (Å²) in [7, 11) is 0. The maximum Gasteiger partial charge on any atom is 0.438 e. The van der Waals surface area contributed by atoms with Crippen LogP contribution in [0.25, 0.3) is 0 Å². The molecule has 1 unspecified atom stereocenters. The fourth-order valence-electron chi connectivity index (χ4n) is 1.50. The fraction of sp³-hybridized carbons (Fsp3) is 1.00. The van der Waals surface area contributed by atoms with Crippen molar-refractivity contribution in [3.8, 4) is 0 Å². The third kappa shape index (κ3) is 4.22. The van der Waals surface area contributed by atoms with Crippen LogP contribution in [-0.2, 0) is 3.83 Å². The monoisotopic (exact) mass is 317 g/mol. The first-order chi connectivity index (χ1) is 6.24. The molecular weight excluding hydrogens is 306 g/mol. The quantitative estimate of drug-likeness (QED) is 0.629. The van der Waals surface area contributed by atoms with Gasteiger partial charge in [-0.25, -0.2) is 0 Å². The largest absolute Gasteiger partial charge is 0.438 e. The molecule has 1 fully saturated rings. The smallest absolute Gasteiger partial charge is 0.372 e. The van der Waals surface area contributed by atoms with Gasteiger partial charge in [0, 0.05) is 22.2 Å². The number of nitrogens with zero attached hydrogens (tertiary/aromatic N) is 1. The molecule has 0 amide bonds. The Morgan fingerprint density at radius 2 is 2.31 bits per heavy atom. The van der Waals surface area contributed by atoms with Crippen LogP contribution in [0, 0.1) is 14.8 Å². The number of alkyl halides is 1. The van der Waals surface area contributed by atoms with Gasteiger partial charge in [0.15, 0.2) is 0 Å². The molecule has 1 heterocycles. The van der Waals surface area contributed by atoms with Crippen molar-refractivity contribution in [1.82, 2.24) is 4.90 Å². The van der Waals surface area contributed by atoms with Gasteiger partial charge in [0.1, 0.15) is 0 Å². The zero-order valence-corrected chi connectivity index (χ0v) is 10.4. The first kappa shape index (κ1) is 11.9. The lowest BCUT2D eigenvalue weighted by Gasteiger charge is -2.18. The molecule has 1 aliphatic rings. The molecule has 0 saturated carbocycles. The van der Waals surface area contributed by atoms with Crippen molar-refractivity contribution in [2.75, 3.05) is 18.4 Å². The molecule has 0 aromatic rings. The summed E-state index contributed by atoms with van der Waals surface area (Å²) in [4.78, 5) is 2.09. The Kier molecular flexibility index (Phi) is 5.77. The number of hydrogen-bond donors (Lipinski definition) is 0. The van der Waals surface area contributed by atoms with Crippen LogP contribution in [0.15, 0.2) is 0 Å². The summed E-state index contributed by atoms with van der Waals surface area (Å²) in [6.07, 6.45) is 2.70. The van der Waals surface area contributed by atoms with E-state index in [1.54, 1.807) is 0 Å². The topological polar surface area (TPSA) is 58.6 Å². The van der Waals surface area contributed by atoms with Crippen LogP contribution in [0.3, 0.4) is 0 Å². The van der Waals surface area contributed by atoms with E-state index in [0.29, 0.717) is 0 Å². The van der Waals surface area contributed by atoms with E-state index >= 15 is 0 Å². The minimum Gasteiger partial charge on any atom is -0.372 e. The molecule has 0 N–H and O–H groups in total. The van der Waals surface area contributed by atoms with Gasteiger partial charge in [-0.3, -0.25) is 4.90 Å². The zero-order valence-electron chi connectivity index (χ0n) is 7.25. The maximum atomic E-state index is 10.4. The standard InChI is InChI=1S/C7H13Br2NO3/c8-4-2-6-10-5-1-3-7(10)13-9(11)12/h7H,1-6H2. The molecule has 4 nitrogen and oxygen atoms in total. The molecule has 1 atom stereocenters. The lowest BCUT2D eigenvalue weighted by Crippen LogP contribution is -2.42. The Balaban J connectivity index is 2.26. The second kappa shape index (κ2) is 6.31. The van der Waals surface area contributed by atoms with Crippen molar-refractivity contribution in [1.29, 1.82) is 0 Å². The maximum absolute atomic E-state index is 10.4. The van der Waals surface area contributed by atoms with Crippen LogP contribution in [0.5, 0.6) is 0 Å². The number of hydrogen-bond acceptors (Lipinski definition) is 4. The zero-order chi connectivity index (χ0) is 9.68. The molecule has 0 spiro atoms. The summed E-state index contributed by atoms with van der Waals surface area (Å²) < 4.78 is 25.6. The molecule has 0 bridgehead atoms. The van der Waals surface area contributed by atoms with Crippen LogP contribution in [0.2, 0.25) is 0 Å². The van der Waals surface area contributed by atoms with Crippen molar-refractivity contribution in [3.63, 3.8) is 0 Å². The van der Waals surface area contributed by atoms with E-state index in [2.05, 4.69) is 20.8 Å². The molecule has 13 heavy (non-hydrogen) atoms. The predicted molar refractivity (Wildman–Crippen MR) is 44.1 cm³/mol. The van der Waals surface area contributed by atoms with Crippen LogP contribution >= 0.6 is 15.9 Å². The molecule has 6 heteroatoms. The molecule has 1 rings (SSSR count). The average molecular weight is 319 g/mol. The molecule has 0 aromatic heterocycles. The third-order valence-corrected chi connectivity index (χ3v) is 3.36. The lowest BCUT2D eigenvalue weighted by atomic mass is 10.4. The summed E-state index contributed by atoms with van der Waals surface area (Å²) in [5, 5.41) is 0.947. The molecule has 0 aromatic carbocycles. The summed E-state index contributed by atoms with van der Waals surface area (Å²) in [6.45, 7) is 1.86. The van der Waals surface area contributed by atoms with Gasteiger partial charge in [-0.2, -0.15) is 0 Å². The molecule has 0 aliphatic carbocycles. The van der Waals surface area contributed by atoms with Gasteiger partial charge >= 0.3 is 14.8 Å². The second-order valence-electron chi connectivity index (χ2n) is 2.95. The minimum absolute atomic E-state index is 0.191. The van der Waals surface area contributed by atoms with Crippen LogP contribution in [-0.4, -0.2) is 29.5 Å². The predicted octanol–water partition coefficient (Wildman–Crippen LogP) is -0.704. The highest BCUT2D eigenvalue weighted by atomic mass is 80.0. The lowest BCUT2D eigenvalue weighted by molar-refractivity contribution is -1.63. The molecule has 78 valence electrons. The molecule has 1 aliphatic heterocycles. The van der Waals surface area contributed by atoms with E-state index in [1.807, 2.05) is 0 Å². The highest BCUT2D eigenvalue weighted by Gasteiger charge is 2.33. The normalized spacial score (nSPS) is 24.5. The Morgan fingerprint density at radius 3 is 2.92 bits per heavy atom. The Bertz CT molecular complexity index is 148. The second-order valence-corrected chi connectivity index (χ2v) is 4.91. The van der Waals surface area contributed by atoms with Crippen molar-refractivity contribution >= 4 is 15.9 Å². The number of halogens is 2. The van der Waals surface area contributed by atoms with Gasteiger partial charge in [-0.15, -0.1) is 0 Å². The van der Waals surface area contributed by atoms with E-state index in [4.69, 9.17) is 3.83 Å². The van der Waals surface area contributed by atoms with Crippen molar-refractivity contribution in [2.24, 2.45) is 0 Å². The highest BCUT2D eigenvalue weighted by molar-refractivity contribution is 9.09. The van der Waals surface area contributed by atoms with Gasteiger partial charge in [-0.1, -0.05) is 15.9 Å². The van der Waals surface area contributed by atoms with E-state index in [-0.39, 0.29) is 6.23 Å². The molecule has 1 saturated heterocycles. The highest BCUT2D eigenvalue weighted by Crippen LogP contribution is 2.18. The SMILES string of the molecule is [O-][Br+2]([O-])OC1CCCN1CCCBr. The van der Waals surface area contributed by atoms with Gasteiger partial charge in [0.25, 0.3) is 0 Å². The average Bonchev–Trinajstić information content (AvgIpc) is 2.48. The van der Waals surface area contributed by atoms with Crippen molar-refractivity contribution in [2.45, 2.75) is 25.5 Å². The first-order valence-corrected chi connectivity index (χ1v) is 7.33. The summed E-state index contributed by atoms with van der Waals surface area (Å²) in [5.74, 6) is 0. The van der Waals surface area contributed by atoms with E-state index in [0.717, 1.165) is 37.7 Å². The van der Waals surface area contributed by atoms with Crippen LogP contribution < -0.4 is 8.40 Å². The van der Waals surface area contributed by atoms with E-state index in [1.165, 1.54) is 0 Å². The minimum atomic E-state index is -3.05. The van der Waals surface area contributed by atoms with Gasteiger partial charge < -0.3 is 8.40 Å². The summed E-state index contributed by atoms with van der Waals surface area (Å²) >= 11 is 0.295. The fourth-order valence-corrected chi connectivity index (χ4v) is 2.53. The van der Waals surface area contributed by atoms with Gasteiger partial charge in [0.05, 0.1) is 0 Å². The van der Waals surface area contributed by atoms with Gasteiger partial charge in [0.2, 0.25) is 6.23 Å². The van der Waals surface area contributed by atoms with E-state index < -0.39 is 14.8 Å². The number of rotatable bonds is 5. The van der Waals surface area contributed by atoms with Crippen LogP contribution in [0.4, 0.5) is 0 Å².